The number of nitrogens with zero attached hydrogens (tertiary/aromatic N) is 3. The first-order valence-corrected chi connectivity index (χ1v) is 6.76. The average molecular weight is 288 g/mol. The van der Waals surface area contributed by atoms with Crippen molar-refractivity contribution in [3.05, 3.63) is 42.2 Å². The number of hydrogen-bond acceptors (Lipinski definition) is 4. The van der Waals surface area contributed by atoms with Crippen molar-refractivity contribution >= 4 is 10.0 Å². The fourth-order valence-corrected chi connectivity index (χ4v) is 2.40. The van der Waals surface area contributed by atoms with Crippen molar-refractivity contribution in [2.75, 3.05) is 6.54 Å². The maximum atomic E-state index is 13.0. The summed E-state index contributed by atoms with van der Waals surface area (Å²) in [6.07, 6.45) is 2.92. The minimum absolute atomic E-state index is 0.0377. The van der Waals surface area contributed by atoms with Gasteiger partial charge in [0.15, 0.2) is 11.6 Å². The van der Waals surface area contributed by atoms with Crippen LogP contribution in [0.5, 0.6) is 0 Å². The van der Waals surface area contributed by atoms with Crippen molar-refractivity contribution in [3.63, 3.8) is 0 Å². The third kappa shape index (κ3) is 3.32. The lowest BCUT2D eigenvalue weighted by Crippen LogP contribution is -2.28. The molecule has 0 spiro atoms. The summed E-state index contributed by atoms with van der Waals surface area (Å²) in [5, 5.41) is 7.59. The molecule has 1 heterocycles. The summed E-state index contributed by atoms with van der Waals surface area (Å²) in [5.74, 6) is -2.31. The van der Waals surface area contributed by atoms with Crippen LogP contribution in [0.25, 0.3) is 0 Å². The molecule has 0 aliphatic rings. The lowest BCUT2D eigenvalue weighted by atomic mass is 10.3. The van der Waals surface area contributed by atoms with E-state index in [9.17, 15) is 17.2 Å². The molecule has 0 radical (unpaired) electrons. The Bertz CT molecular complexity index is 658. The van der Waals surface area contributed by atoms with Crippen LogP contribution in [0.15, 0.2) is 35.5 Å². The normalized spacial score (nSPS) is 11.7. The Kier molecular flexibility index (Phi) is 3.86. The Morgan fingerprint density at radius 2 is 1.84 bits per heavy atom. The number of nitrogens with one attached hydrogen (secondary N) is 1. The van der Waals surface area contributed by atoms with Gasteiger partial charge < -0.3 is 0 Å². The first kappa shape index (κ1) is 13.6. The molecule has 2 aromatic rings. The van der Waals surface area contributed by atoms with Crippen LogP contribution in [0.1, 0.15) is 0 Å². The topological polar surface area (TPSA) is 76.9 Å². The summed E-state index contributed by atoms with van der Waals surface area (Å²) >= 11 is 0. The van der Waals surface area contributed by atoms with Gasteiger partial charge >= 0.3 is 0 Å². The maximum Gasteiger partial charge on any atom is 0.240 e. The second-order valence-electron chi connectivity index (χ2n) is 3.60. The molecule has 2 rings (SSSR count). The summed E-state index contributed by atoms with van der Waals surface area (Å²) in [7, 11) is -3.88. The molecule has 0 amide bonds. The second-order valence-corrected chi connectivity index (χ2v) is 5.37. The molecule has 0 aliphatic carbocycles. The quantitative estimate of drug-likeness (QED) is 0.871. The molecule has 19 heavy (non-hydrogen) atoms. The number of benzene rings is 1. The Morgan fingerprint density at radius 1 is 1.16 bits per heavy atom. The molecule has 0 fully saturated rings. The van der Waals surface area contributed by atoms with Crippen molar-refractivity contribution in [2.24, 2.45) is 0 Å². The van der Waals surface area contributed by atoms with Gasteiger partial charge in [0, 0.05) is 6.54 Å². The van der Waals surface area contributed by atoms with E-state index in [0.717, 1.165) is 12.1 Å². The van der Waals surface area contributed by atoms with E-state index in [4.69, 9.17) is 0 Å². The SMILES string of the molecule is O=S(=O)(NCCn1nccn1)c1ccc(F)c(F)c1. The zero-order chi connectivity index (χ0) is 13.9. The van der Waals surface area contributed by atoms with Gasteiger partial charge in [-0.1, -0.05) is 0 Å². The lowest BCUT2D eigenvalue weighted by Gasteiger charge is -2.06. The van der Waals surface area contributed by atoms with E-state index in [2.05, 4.69) is 14.9 Å². The first-order chi connectivity index (χ1) is 8.99. The Morgan fingerprint density at radius 3 is 2.47 bits per heavy atom. The molecule has 1 N–H and O–H groups in total. The monoisotopic (exact) mass is 288 g/mol. The van der Waals surface area contributed by atoms with E-state index < -0.39 is 21.7 Å². The molecule has 0 saturated heterocycles. The molecule has 0 unspecified atom stereocenters. The maximum absolute atomic E-state index is 13.0. The molecule has 9 heteroatoms. The molecular formula is C10H10F2N4O2S. The van der Waals surface area contributed by atoms with Crippen LogP contribution in [0.3, 0.4) is 0 Å². The van der Waals surface area contributed by atoms with Crippen molar-refractivity contribution in [1.82, 2.24) is 19.7 Å². The van der Waals surface area contributed by atoms with Gasteiger partial charge in [0.25, 0.3) is 0 Å². The van der Waals surface area contributed by atoms with E-state index >= 15 is 0 Å². The van der Waals surface area contributed by atoms with E-state index in [0.29, 0.717) is 6.07 Å². The smallest absolute Gasteiger partial charge is 0.209 e. The van der Waals surface area contributed by atoms with E-state index in [1.807, 2.05) is 0 Å². The second kappa shape index (κ2) is 5.41. The fourth-order valence-electron chi connectivity index (χ4n) is 1.37. The minimum Gasteiger partial charge on any atom is -0.209 e. The fraction of sp³-hybridized carbons (Fsp3) is 0.200. The standard InChI is InChI=1S/C10H10F2N4O2S/c11-9-2-1-8(7-10(9)12)19(17,18)15-5-6-16-13-3-4-14-16/h1-4,7,15H,5-6H2. The Balaban J connectivity index is 2.03. The highest BCUT2D eigenvalue weighted by Crippen LogP contribution is 2.13. The summed E-state index contributed by atoms with van der Waals surface area (Å²) in [6, 6.07) is 2.38. The predicted molar refractivity (Wildman–Crippen MR) is 61.6 cm³/mol. The van der Waals surface area contributed by atoms with Gasteiger partial charge in [0.2, 0.25) is 10.0 Å². The minimum atomic E-state index is -3.88. The van der Waals surface area contributed by atoms with Crippen molar-refractivity contribution < 1.29 is 17.2 Å². The van der Waals surface area contributed by atoms with Crippen LogP contribution in [-0.2, 0) is 16.6 Å². The molecule has 102 valence electrons. The molecule has 1 aromatic carbocycles. The van der Waals surface area contributed by atoms with E-state index in [-0.39, 0.29) is 18.0 Å². The highest BCUT2D eigenvalue weighted by Gasteiger charge is 2.15. The van der Waals surface area contributed by atoms with Crippen LogP contribution in [-0.4, -0.2) is 30.0 Å². The van der Waals surface area contributed by atoms with Crippen LogP contribution in [0.4, 0.5) is 8.78 Å². The zero-order valence-electron chi connectivity index (χ0n) is 9.62. The number of halogens is 2. The summed E-state index contributed by atoms with van der Waals surface area (Å²) in [5.41, 5.74) is 0. The van der Waals surface area contributed by atoms with Crippen molar-refractivity contribution in [3.8, 4) is 0 Å². The largest absolute Gasteiger partial charge is 0.240 e. The molecule has 1 aromatic heterocycles. The Labute approximate surface area is 108 Å². The first-order valence-electron chi connectivity index (χ1n) is 5.28. The third-order valence-electron chi connectivity index (χ3n) is 2.27. The number of rotatable bonds is 5. The highest BCUT2D eigenvalue weighted by molar-refractivity contribution is 7.89. The van der Waals surface area contributed by atoms with Gasteiger partial charge in [-0.05, 0) is 18.2 Å². The van der Waals surface area contributed by atoms with Crippen molar-refractivity contribution in [1.29, 1.82) is 0 Å². The van der Waals surface area contributed by atoms with Crippen LogP contribution in [0.2, 0.25) is 0 Å². The molecule has 6 nitrogen and oxygen atoms in total. The molecular weight excluding hydrogens is 278 g/mol. The van der Waals surface area contributed by atoms with Crippen LogP contribution < -0.4 is 4.72 Å². The molecule has 0 bridgehead atoms. The van der Waals surface area contributed by atoms with Crippen LogP contribution in [0, 0.1) is 11.6 Å². The highest BCUT2D eigenvalue weighted by atomic mass is 32.2. The predicted octanol–water partition coefficient (Wildman–Crippen LogP) is 0.535. The molecule has 0 atom stereocenters. The van der Waals surface area contributed by atoms with Gasteiger partial charge in [-0.25, -0.2) is 21.9 Å². The average Bonchev–Trinajstić information content (AvgIpc) is 2.85. The van der Waals surface area contributed by atoms with Gasteiger partial charge in [0.1, 0.15) is 0 Å². The van der Waals surface area contributed by atoms with Gasteiger partial charge in [-0.3, -0.25) is 0 Å². The van der Waals surface area contributed by atoms with Gasteiger partial charge in [0.05, 0.1) is 23.8 Å². The van der Waals surface area contributed by atoms with Crippen LogP contribution >= 0.6 is 0 Å². The Hall–Kier alpha value is -1.87. The number of hydrogen-bond donors (Lipinski definition) is 1. The number of sulfonamides is 1. The van der Waals surface area contributed by atoms with Gasteiger partial charge in [-0.2, -0.15) is 15.0 Å². The van der Waals surface area contributed by atoms with Crippen molar-refractivity contribution in [2.45, 2.75) is 11.4 Å². The summed E-state index contributed by atoms with van der Waals surface area (Å²) in [6.45, 7) is 0.270. The number of aromatic nitrogens is 3. The summed E-state index contributed by atoms with van der Waals surface area (Å²) in [4.78, 5) is 0.966. The van der Waals surface area contributed by atoms with E-state index in [1.54, 1.807) is 0 Å². The summed E-state index contributed by atoms with van der Waals surface area (Å²) < 4.78 is 51.5. The van der Waals surface area contributed by atoms with E-state index in [1.165, 1.54) is 17.2 Å². The molecule has 0 aliphatic heterocycles. The zero-order valence-corrected chi connectivity index (χ0v) is 10.4. The van der Waals surface area contributed by atoms with Gasteiger partial charge in [-0.15, -0.1) is 0 Å². The lowest BCUT2D eigenvalue weighted by molar-refractivity contribution is 0.502. The molecule has 0 saturated carbocycles. The third-order valence-corrected chi connectivity index (χ3v) is 3.73.